The molecular formula is C12H13N5O2. The van der Waals surface area contributed by atoms with Crippen LogP contribution in [0.1, 0.15) is 19.3 Å². The molecule has 2 heterocycles. The number of hydrogen-bond acceptors (Lipinski definition) is 5. The molecular weight excluding hydrogens is 246 g/mol. The van der Waals surface area contributed by atoms with Crippen LogP contribution in [0.15, 0.2) is 24.5 Å². The third-order valence-electron chi connectivity index (χ3n) is 3.69. The fourth-order valence-electron chi connectivity index (χ4n) is 2.35. The van der Waals surface area contributed by atoms with E-state index in [-0.39, 0.29) is 0 Å². The second kappa shape index (κ2) is 4.42. The van der Waals surface area contributed by atoms with E-state index in [0.29, 0.717) is 25.2 Å². The molecule has 3 rings (SSSR count). The molecule has 1 fully saturated rings. The summed E-state index contributed by atoms with van der Waals surface area (Å²) in [7, 11) is 0. The Kier molecular flexibility index (Phi) is 2.73. The van der Waals surface area contributed by atoms with Gasteiger partial charge in [-0.05, 0) is 35.4 Å². The third kappa shape index (κ3) is 1.96. The van der Waals surface area contributed by atoms with Gasteiger partial charge in [0.1, 0.15) is 0 Å². The number of tetrazole rings is 1. The van der Waals surface area contributed by atoms with Crippen LogP contribution >= 0.6 is 0 Å². The molecule has 1 saturated carbocycles. The number of pyridine rings is 1. The van der Waals surface area contributed by atoms with Crippen molar-refractivity contribution in [3.05, 3.63) is 24.5 Å². The van der Waals surface area contributed by atoms with Crippen LogP contribution in [0, 0.1) is 5.41 Å². The Balaban J connectivity index is 1.91. The Bertz CT molecular complexity index is 591. The summed E-state index contributed by atoms with van der Waals surface area (Å²) < 4.78 is 1.57. The topological polar surface area (TPSA) is 93.8 Å². The van der Waals surface area contributed by atoms with Gasteiger partial charge in [-0.25, -0.2) is 4.68 Å². The minimum Gasteiger partial charge on any atom is -0.481 e. The predicted molar refractivity (Wildman–Crippen MR) is 65.0 cm³/mol. The number of carboxylic acids is 1. The van der Waals surface area contributed by atoms with Gasteiger partial charge in [-0.3, -0.25) is 9.78 Å². The Morgan fingerprint density at radius 1 is 1.37 bits per heavy atom. The minimum absolute atomic E-state index is 0.312. The van der Waals surface area contributed by atoms with E-state index in [1.165, 1.54) is 0 Å². The molecule has 7 heteroatoms. The van der Waals surface area contributed by atoms with Crippen molar-refractivity contribution in [2.24, 2.45) is 5.41 Å². The van der Waals surface area contributed by atoms with Crippen LogP contribution < -0.4 is 0 Å². The van der Waals surface area contributed by atoms with Crippen molar-refractivity contribution in [3.8, 4) is 11.4 Å². The van der Waals surface area contributed by atoms with E-state index in [4.69, 9.17) is 0 Å². The molecule has 0 spiro atoms. The van der Waals surface area contributed by atoms with E-state index in [2.05, 4.69) is 20.5 Å². The van der Waals surface area contributed by atoms with Crippen molar-refractivity contribution >= 4 is 5.97 Å². The number of carboxylic acid groups (broad SMARTS) is 1. The first-order chi connectivity index (χ1) is 9.21. The maximum Gasteiger partial charge on any atom is 0.311 e. The van der Waals surface area contributed by atoms with Gasteiger partial charge in [0.05, 0.1) is 12.0 Å². The van der Waals surface area contributed by atoms with Gasteiger partial charge in [0.2, 0.25) is 0 Å². The number of hydrogen-bond donors (Lipinski definition) is 1. The largest absolute Gasteiger partial charge is 0.481 e. The highest BCUT2D eigenvalue weighted by atomic mass is 16.4. The molecule has 0 radical (unpaired) electrons. The molecule has 0 aromatic carbocycles. The molecule has 1 aliphatic rings. The Hall–Kier alpha value is -2.31. The lowest BCUT2D eigenvalue weighted by atomic mass is 9.69. The van der Waals surface area contributed by atoms with Gasteiger partial charge in [0, 0.05) is 18.0 Å². The van der Waals surface area contributed by atoms with Crippen LogP contribution in [-0.4, -0.2) is 36.3 Å². The number of aliphatic carboxylic acids is 1. The summed E-state index contributed by atoms with van der Waals surface area (Å²) in [6.45, 7) is 0.312. The second-order valence-electron chi connectivity index (χ2n) is 4.84. The summed E-state index contributed by atoms with van der Waals surface area (Å²) in [5.41, 5.74) is 0.122. The van der Waals surface area contributed by atoms with Gasteiger partial charge >= 0.3 is 5.97 Å². The lowest BCUT2D eigenvalue weighted by molar-refractivity contribution is -0.156. The molecule has 0 saturated heterocycles. The van der Waals surface area contributed by atoms with E-state index in [9.17, 15) is 9.90 Å². The van der Waals surface area contributed by atoms with Crippen molar-refractivity contribution in [1.29, 1.82) is 0 Å². The first kappa shape index (κ1) is 11.8. The maximum absolute atomic E-state index is 11.4. The summed E-state index contributed by atoms with van der Waals surface area (Å²) in [6, 6.07) is 3.60. The quantitative estimate of drug-likeness (QED) is 0.880. The third-order valence-corrected chi connectivity index (χ3v) is 3.69. The highest BCUT2D eigenvalue weighted by Gasteiger charge is 2.45. The van der Waals surface area contributed by atoms with E-state index in [0.717, 1.165) is 12.0 Å². The van der Waals surface area contributed by atoms with Gasteiger partial charge in [0.25, 0.3) is 0 Å². The molecule has 0 aliphatic heterocycles. The zero-order valence-corrected chi connectivity index (χ0v) is 10.2. The summed E-state index contributed by atoms with van der Waals surface area (Å²) in [4.78, 5) is 15.3. The van der Waals surface area contributed by atoms with Crippen LogP contribution in [0.25, 0.3) is 11.4 Å². The lowest BCUT2D eigenvalue weighted by Gasteiger charge is -2.37. The highest BCUT2D eigenvalue weighted by molar-refractivity contribution is 5.75. The van der Waals surface area contributed by atoms with Crippen LogP contribution in [0.3, 0.4) is 0 Å². The maximum atomic E-state index is 11.4. The number of carbonyl (C=O) groups is 1. The van der Waals surface area contributed by atoms with Gasteiger partial charge in [-0.15, -0.1) is 5.10 Å². The first-order valence-corrected chi connectivity index (χ1v) is 6.11. The van der Waals surface area contributed by atoms with Crippen molar-refractivity contribution in [2.45, 2.75) is 25.8 Å². The molecule has 1 aliphatic carbocycles. The Morgan fingerprint density at radius 2 is 2.11 bits per heavy atom. The van der Waals surface area contributed by atoms with Crippen molar-refractivity contribution in [3.63, 3.8) is 0 Å². The molecule has 0 unspecified atom stereocenters. The van der Waals surface area contributed by atoms with E-state index >= 15 is 0 Å². The van der Waals surface area contributed by atoms with Gasteiger partial charge in [-0.1, -0.05) is 6.42 Å². The van der Waals surface area contributed by atoms with Gasteiger partial charge in [0.15, 0.2) is 5.82 Å². The zero-order chi connectivity index (χ0) is 13.3. The Labute approximate surface area is 109 Å². The summed E-state index contributed by atoms with van der Waals surface area (Å²) in [6.07, 6.45) is 5.62. The van der Waals surface area contributed by atoms with Crippen LogP contribution in [-0.2, 0) is 11.3 Å². The smallest absolute Gasteiger partial charge is 0.311 e. The number of aromatic nitrogens is 5. The molecule has 19 heavy (non-hydrogen) atoms. The highest BCUT2D eigenvalue weighted by Crippen LogP contribution is 2.42. The van der Waals surface area contributed by atoms with E-state index in [1.807, 2.05) is 0 Å². The van der Waals surface area contributed by atoms with Crippen LogP contribution in [0.4, 0.5) is 0 Å². The van der Waals surface area contributed by atoms with E-state index in [1.54, 1.807) is 29.2 Å². The monoisotopic (exact) mass is 259 g/mol. The molecule has 98 valence electrons. The average molecular weight is 259 g/mol. The molecule has 0 bridgehead atoms. The normalized spacial score (nSPS) is 16.8. The fraction of sp³-hybridized carbons (Fsp3) is 0.417. The van der Waals surface area contributed by atoms with Gasteiger partial charge < -0.3 is 5.11 Å². The average Bonchev–Trinajstić information content (AvgIpc) is 2.82. The van der Waals surface area contributed by atoms with Crippen molar-refractivity contribution in [2.75, 3.05) is 0 Å². The summed E-state index contributed by atoms with van der Waals surface area (Å²) >= 11 is 0. The summed E-state index contributed by atoms with van der Waals surface area (Å²) in [5, 5.41) is 20.9. The molecule has 7 nitrogen and oxygen atoms in total. The molecule has 2 aromatic rings. The zero-order valence-electron chi connectivity index (χ0n) is 10.2. The van der Waals surface area contributed by atoms with E-state index < -0.39 is 11.4 Å². The van der Waals surface area contributed by atoms with Crippen molar-refractivity contribution in [1.82, 2.24) is 25.2 Å². The first-order valence-electron chi connectivity index (χ1n) is 6.11. The van der Waals surface area contributed by atoms with Gasteiger partial charge in [-0.2, -0.15) is 0 Å². The number of rotatable bonds is 4. The molecule has 0 atom stereocenters. The number of nitrogens with zero attached hydrogens (tertiary/aromatic N) is 5. The Morgan fingerprint density at radius 3 is 2.68 bits per heavy atom. The standard InChI is InChI=1S/C12H13N5O2/c18-11(19)12(4-1-5-12)8-17-10(14-15-16-17)9-2-6-13-7-3-9/h2-3,6-7H,1,4-5,8H2,(H,18,19). The van der Waals surface area contributed by atoms with Crippen LogP contribution in [0.2, 0.25) is 0 Å². The summed E-state index contributed by atoms with van der Waals surface area (Å²) in [5.74, 6) is -0.190. The van der Waals surface area contributed by atoms with Crippen molar-refractivity contribution < 1.29 is 9.90 Å². The lowest BCUT2D eigenvalue weighted by Crippen LogP contribution is -2.42. The van der Waals surface area contributed by atoms with Crippen LogP contribution in [0.5, 0.6) is 0 Å². The minimum atomic E-state index is -0.769. The fourth-order valence-corrected chi connectivity index (χ4v) is 2.35. The molecule has 1 N–H and O–H groups in total. The molecule has 2 aromatic heterocycles. The predicted octanol–water partition coefficient (Wildman–Crippen LogP) is 0.990. The second-order valence-corrected chi connectivity index (χ2v) is 4.84. The SMILES string of the molecule is O=C(O)C1(Cn2nnnc2-c2ccncc2)CCC1. The molecule has 0 amide bonds.